The highest BCUT2D eigenvalue weighted by atomic mass is 127. The van der Waals surface area contributed by atoms with Crippen molar-refractivity contribution in [1.29, 1.82) is 0 Å². The highest BCUT2D eigenvalue weighted by molar-refractivity contribution is 14.2. The van der Waals surface area contributed by atoms with E-state index in [1.54, 1.807) is 20.3 Å². The molecule has 0 bridgehead atoms. The van der Waals surface area contributed by atoms with Crippen molar-refractivity contribution in [3.8, 4) is 22.8 Å². The number of halogens is 3. The molecule has 2 heterocycles. The summed E-state index contributed by atoms with van der Waals surface area (Å²) in [6.45, 7) is 5.96. The summed E-state index contributed by atoms with van der Waals surface area (Å²) in [5.74, 6) is 0.963. The van der Waals surface area contributed by atoms with Crippen LogP contribution >= 0.6 is 51.6 Å². The number of benzene rings is 1. The Morgan fingerprint density at radius 3 is 2.15 bits per heavy atom. The minimum absolute atomic E-state index is 0.398. The van der Waals surface area contributed by atoms with E-state index in [2.05, 4.69) is 27.1 Å². The van der Waals surface area contributed by atoms with Gasteiger partial charge in [0, 0.05) is 17.0 Å². The van der Waals surface area contributed by atoms with Crippen molar-refractivity contribution in [2.45, 2.75) is 20.8 Å². The third kappa shape index (κ3) is 3.88. The molecule has 0 saturated carbocycles. The summed E-state index contributed by atoms with van der Waals surface area (Å²) in [5.41, 5.74) is 2.96. The number of nitrogens with zero attached hydrogens (tertiary/aromatic N) is 3. The molecule has 140 valence electrons. The van der Waals surface area contributed by atoms with Crippen LogP contribution in [0.4, 0.5) is 0 Å². The van der Waals surface area contributed by atoms with Crippen LogP contribution in [0.15, 0.2) is 18.2 Å². The zero-order valence-electron chi connectivity index (χ0n) is 15.0. The molecule has 0 fully saturated rings. The fraction of sp³-hybridized carbons (Fsp3) is 0.294. The van der Waals surface area contributed by atoms with Crippen molar-refractivity contribution in [3.05, 3.63) is 33.9 Å². The Balaban J connectivity index is 0.00000117. The molecule has 3 rings (SSSR count). The van der Waals surface area contributed by atoms with Gasteiger partial charge in [-0.05, 0) is 41.1 Å². The Morgan fingerprint density at radius 1 is 1.08 bits per heavy atom. The lowest BCUT2D eigenvalue weighted by Gasteiger charge is -2.14. The van der Waals surface area contributed by atoms with E-state index < -0.39 is 0 Å². The van der Waals surface area contributed by atoms with E-state index in [1.807, 2.05) is 37.4 Å². The predicted octanol–water partition coefficient (Wildman–Crippen LogP) is 6.55. The van der Waals surface area contributed by atoms with Gasteiger partial charge in [-0.15, -0.1) is 0 Å². The molecule has 0 spiro atoms. The SMILES string of the molecule is CC.COc1cc(OC)c(Cl)c(-c2ccc3c(C)nn(PI)c3n2)c1Cl. The van der Waals surface area contributed by atoms with Crippen LogP contribution in [-0.2, 0) is 0 Å². The topological polar surface area (TPSA) is 49.2 Å². The van der Waals surface area contributed by atoms with Crippen molar-refractivity contribution >= 4 is 62.7 Å². The smallest absolute Gasteiger partial charge is 0.162 e. The van der Waals surface area contributed by atoms with Gasteiger partial charge < -0.3 is 9.47 Å². The number of fused-ring (bicyclic) bond motifs is 1. The summed E-state index contributed by atoms with van der Waals surface area (Å²) in [7, 11) is 3.09. The second-order valence-corrected chi connectivity index (χ2v) is 7.73. The van der Waals surface area contributed by atoms with Crippen LogP contribution in [0.1, 0.15) is 19.5 Å². The molecule has 5 nitrogen and oxygen atoms in total. The van der Waals surface area contributed by atoms with Gasteiger partial charge in [0.15, 0.2) is 5.65 Å². The number of methoxy groups -OCH3 is 2. The fourth-order valence-corrected chi connectivity index (χ4v) is 4.59. The van der Waals surface area contributed by atoms with Crippen molar-refractivity contribution in [1.82, 2.24) is 14.5 Å². The van der Waals surface area contributed by atoms with E-state index >= 15 is 0 Å². The van der Waals surface area contributed by atoms with Crippen LogP contribution in [0, 0.1) is 6.92 Å². The van der Waals surface area contributed by atoms with Crippen LogP contribution in [0.25, 0.3) is 22.3 Å². The molecule has 1 aromatic carbocycles. The molecule has 0 aliphatic carbocycles. The maximum Gasteiger partial charge on any atom is 0.162 e. The molecule has 0 aliphatic rings. The molecule has 0 amide bonds. The third-order valence-electron chi connectivity index (χ3n) is 3.63. The van der Waals surface area contributed by atoms with Crippen LogP contribution in [-0.4, -0.2) is 28.8 Å². The zero-order chi connectivity index (χ0) is 19.4. The highest BCUT2D eigenvalue weighted by Gasteiger charge is 2.20. The molecule has 2 aromatic heterocycles. The summed E-state index contributed by atoms with van der Waals surface area (Å²) in [5, 5.41) is 6.30. The molecular formula is C17H19Cl2IN3O2P. The molecule has 0 radical (unpaired) electrons. The first kappa shape index (κ1) is 21.5. The van der Waals surface area contributed by atoms with Gasteiger partial charge in [0.1, 0.15) is 11.5 Å². The number of pyridine rings is 1. The van der Waals surface area contributed by atoms with Gasteiger partial charge in [0.25, 0.3) is 0 Å². The molecule has 0 saturated heterocycles. The first-order chi connectivity index (χ1) is 12.5. The number of hydrogen-bond donors (Lipinski definition) is 0. The quantitative estimate of drug-likeness (QED) is 0.286. The number of ether oxygens (including phenoxy) is 2. The Bertz CT molecular complexity index is 906. The Kier molecular flexibility index (Phi) is 7.76. The first-order valence-electron chi connectivity index (χ1n) is 7.85. The summed E-state index contributed by atoms with van der Waals surface area (Å²) < 4.78 is 12.5. The summed E-state index contributed by atoms with van der Waals surface area (Å²) in [6.07, 6.45) is 0.446. The molecule has 9 heteroatoms. The predicted molar refractivity (Wildman–Crippen MR) is 120 cm³/mol. The summed E-state index contributed by atoms with van der Waals surface area (Å²) in [4.78, 5) is 4.73. The van der Waals surface area contributed by atoms with Crippen molar-refractivity contribution in [3.63, 3.8) is 0 Å². The maximum absolute atomic E-state index is 6.48. The van der Waals surface area contributed by atoms with E-state index in [0.29, 0.717) is 39.2 Å². The average Bonchev–Trinajstić information content (AvgIpc) is 2.99. The molecule has 3 aromatic rings. The van der Waals surface area contributed by atoms with Crippen LogP contribution in [0.3, 0.4) is 0 Å². The summed E-state index contributed by atoms with van der Waals surface area (Å²) >= 11 is 15.2. The lowest BCUT2D eigenvalue weighted by Crippen LogP contribution is -1.95. The van der Waals surface area contributed by atoms with Gasteiger partial charge in [-0.3, -0.25) is 0 Å². The summed E-state index contributed by atoms with van der Waals surface area (Å²) in [6, 6.07) is 5.52. The van der Waals surface area contributed by atoms with E-state index in [-0.39, 0.29) is 0 Å². The number of hydrogen-bond acceptors (Lipinski definition) is 4. The van der Waals surface area contributed by atoms with Gasteiger partial charge in [0.05, 0.1) is 42.0 Å². The van der Waals surface area contributed by atoms with E-state index in [4.69, 9.17) is 37.7 Å². The van der Waals surface area contributed by atoms with Crippen molar-refractivity contribution in [2.75, 3.05) is 14.2 Å². The van der Waals surface area contributed by atoms with Crippen LogP contribution < -0.4 is 9.47 Å². The lowest BCUT2D eigenvalue weighted by atomic mass is 10.1. The second kappa shape index (κ2) is 9.40. The number of rotatable bonds is 4. The van der Waals surface area contributed by atoms with Gasteiger partial charge in [-0.2, -0.15) is 5.10 Å². The van der Waals surface area contributed by atoms with Crippen LogP contribution in [0.5, 0.6) is 11.5 Å². The normalized spacial score (nSPS) is 10.9. The molecule has 26 heavy (non-hydrogen) atoms. The second-order valence-electron chi connectivity index (χ2n) is 4.93. The van der Waals surface area contributed by atoms with Gasteiger partial charge in [-0.1, -0.05) is 37.0 Å². The molecule has 1 atom stereocenters. The molecule has 0 N–H and O–H groups in total. The van der Waals surface area contributed by atoms with Gasteiger partial charge >= 0.3 is 0 Å². The highest BCUT2D eigenvalue weighted by Crippen LogP contribution is 2.45. The monoisotopic (exact) mass is 525 g/mol. The number of aryl methyl sites for hydroxylation is 1. The van der Waals surface area contributed by atoms with Crippen molar-refractivity contribution in [2.24, 2.45) is 0 Å². The van der Waals surface area contributed by atoms with Crippen molar-refractivity contribution < 1.29 is 9.47 Å². The van der Waals surface area contributed by atoms with E-state index in [0.717, 1.165) is 16.7 Å². The molecule has 1 unspecified atom stereocenters. The number of aromatic nitrogens is 3. The van der Waals surface area contributed by atoms with Gasteiger partial charge in [-0.25, -0.2) is 9.44 Å². The minimum atomic E-state index is 0.398. The molecule has 0 aliphatic heterocycles. The fourth-order valence-electron chi connectivity index (χ4n) is 2.45. The Morgan fingerprint density at radius 2 is 1.65 bits per heavy atom. The van der Waals surface area contributed by atoms with Gasteiger partial charge in [0.2, 0.25) is 0 Å². The Labute approximate surface area is 177 Å². The Hall–Kier alpha value is -0.820. The molecular weight excluding hydrogens is 507 g/mol. The maximum atomic E-state index is 6.48. The van der Waals surface area contributed by atoms with Crippen LogP contribution in [0.2, 0.25) is 10.0 Å². The zero-order valence-corrected chi connectivity index (χ0v) is 19.7. The lowest BCUT2D eigenvalue weighted by molar-refractivity contribution is 0.395. The third-order valence-corrected chi connectivity index (χ3v) is 6.22. The minimum Gasteiger partial charge on any atom is -0.495 e. The first-order valence-corrected chi connectivity index (χ1v) is 12.7. The van der Waals surface area contributed by atoms with E-state index in [9.17, 15) is 0 Å². The largest absolute Gasteiger partial charge is 0.495 e. The van der Waals surface area contributed by atoms with E-state index in [1.165, 1.54) is 0 Å². The standard InChI is InChI=1S/C15H13Cl2IN3O2P.C2H6/c1-7-8-4-5-9(19-15(8)21(20-7)24-18)12-13(16)10(22-2)6-11(23-3)14(12)17;1-2/h4-6,24H,1-3H3;1-2H3. The average molecular weight is 526 g/mol.